The van der Waals surface area contributed by atoms with E-state index < -0.39 is 0 Å². The number of para-hydroxylation sites is 1. The minimum Gasteiger partial charge on any atom is -0.492 e. The Morgan fingerprint density at radius 2 is 2.10 bits per heavy atom. The predicted octanol–water partition coefficient (Wildman–Crippen LogP) is 1.90. The van der Waals surface area contributed by atoms with Gasteiger partial charge in [0.05, 0.1) is 6.54 Å². The van der Waals surface area contributed by atoms with E-state index >= 15 is 0 Å². The number of nitrogens with zero attached hydrogens (tertiary/aromatic N) is 1. The Hall–Kier alpha value is -1.55. The summed E-state index contributed by atoms with van der Waals surface area (Å²) in [6.45, 7) is 1.75. The monoisotopic (exact) mass is 276 g/mol. The van der Waals surface area contributed by atoms with Crippen molar-refractivity contribution in [1.29, 1.82) is 0 Å². The molecule has 20 heavy (non-hydrogen) atoms. The Kier molecular flexibility index (Phi) is 5.41. The Morgan fingerprint density at radius 1 is 1.35 bits per heavy atom. The summed E-state index contributed by atoms with van der Waals surface area (Å²) in [5, 5.41) is 0. The molecule has 0 aliphatic heterocycles. The highest BCUT2D eigenvalue weighted by Gasteiger charge is 2.33. The topological polar surface area (TPSA) is 55.6 Å². The number of hydrogen-bond acceptors (Lipinski definition) is 3. The van der Waals surface area contributed by atoms with Crippen LogP contribution in [0.5, 0.6) is 5.75 Å². The van der Waals surface area contributed by atoms with Crippen molar-refractivity contribution in [3.8, 4) is 5.75 Å². The molecule has 1 aliphatic carbocycles. The molecule has 4 heteroatoms. The smallest absolute Gasteiger partial charge is 0.225 e. The molecule has 1 saturated carbocycles. The maximum atomic E-state index is 12.4. The number of benzene rings is 1. The quantitative estimate of drug-likeness (QED) is 0.863. The van der Waals surface area contributed by atoms with Crippen molar-refractivity contribution in [3.63, 3.8) is 0 Å². The molecule has 2 rings (SSSR count). The summed E-state index contributed by atoms with van der Waals surface area (Å²) in [5.74, 6) is 1.53. The van der Waals surface area contributed by atoms with Crippen molar-refractivity contribution in [1.82, 2.24) is 4.90 Å². The molecule has 1 fully saturated rings. The van der Waals surface area contributed by atoms with Crippen LogP contribution in [0.1, 0.15) is 19.3 Å². The van der Waals surface area contributed by atoms with Crippen molar-refractivity contribution >= 4 is 5.91 Å². The fourth-order valence-electron chi connectivity index (χ4n) is 2.85. The molecule has 2 atom stereocenters. The van der Waals surface area contributed by atoms with Gasteiger partial charge in [0.1, 0.15) is 12.4 Å². The second kappa shape index (κ2) is 7.29. The van der Waals surface area contributed by atoms with Gasteiger partial charge in [-0.2, -0.15) is 0 Å². The predicted molar refractivity (Wildman–Crippen MR) is 79.5 cm³/mol. The van der Waals surface area contributed by atoms with E-state index in [1.807, 2.05) is 37.4 Å². The lowest BCUT2D eigenvalue weighted by atomic mass is 9.95. The second-order valence-corrected chi connectivity index (χ2v) is 5.45. The standard InChI is InChI=1S/C16H24N2O2/c1-18(10-11-20-14-7-3-2-4-8-14)16(19)15-9-5-6-13(15)12-17/h2-4,7-8,13,15H,5-6,9-12,17H2,1H3/t13-,15-/m1/s1. The van der Waals surface area contributed by atoms with Gasteiger partial charge in [-0.25, -0.2) is 0 Å². The first kappa shape index (κ1) is 14.9. The number of hydrogen-bond donors (Lipinski definition) is 1. The molecule has 1 amide bonds. The molecule has 110 valence electrons. The van der Waals surface area contributed by atoms with E-state index in [0.717, 1.165) is 25.0 Å². The summed E-state index contributed by atoms with van der Waals surface area (Å²) in [4.78, 5) is 14.2. The summed E-state index contributed by atoms with van der Waals surface area (Å²) in [6, 6.07) is 9.67. The third kappa shape index (κ3) is 3.73. The number of ether oxygens (including phenoxy) is 1. The van der Waals surface area contributed by atoms with E-state index in [2.05, 4.69) is 0 Å². The SMILES string of the molecule is CN(CCOc1ccccc1)C(=O)[C@@H]1CCC[C@@H]1CN. The molecule has 0 bridgehead atoms. The zero-order valence-corrected chi connectivity index (χ0v) is 12.1. The Labute approximate surface area is 120 Å². The number of carbonyl (C=O) groups is 1. The average molecular weight is 276 g/mol. The normalized spacial score (nSPS) is 21.7. The lowest BCUT2D eigenvalue weighted by molar-refractivity contribution is -0.135. The first-order chi connectivity index (χ1) is 9.72. The highest BCUT2D eigenvalue weighted by atomic mass is 16.5. The zero-order valence-electron chi connectivity index (χ0n) is 12.1. The molecule has 1 aromatic rings. The molecule has 0 spiro atoms. The van der Waals surface area contributed by atoms with E-state index in [4.69, 9.17) is 10.5 Å². The van der Waals surface area contributed by atoms with Gasteiger partial charge in [-0.3, -0.25) is 4.79 Å². The van der Waals surface area contributed by atoms with Gasteiger partial charge in [-0.05, 0) is 37.4 Å². The Balaban J connectivity index is 1.76. The highest BCUT2D eigenvalue weighted by molar-refractivity contribution is 5.79. The largest absolute Gasteiger partial charge is 0.492 e. The van der Waals surface area contributed by atoms with Crippen molar-refractivity contribution in [2.45, 2.75) is 19.3 Å². The summed E-state index contributed by atoms with van der Waals surface area (Å²) < 4.78 is 5.62. The van der Waals surface area contributed by atoms with Crippen LogP contribution in [-0.2, 0) is 4.79 Å². The van der Waals surface area contributed by atoms with Gasteiger partial charge in [0.15, 0.2) is 0 Å². The van der Waals surface area contributed by atoms with Crippen LogP contribution in [0, 0.1) is 11.8 Å². The van der Waals surface area contributed by atoms with Gasteiger partial charge in [0.25, 0.3) is 0 Å². The first-order valence-corrected chi connectivity index (χ1v) is 7.35. The Morgan fingerprint density at radius 3 is 2.80 bits per heavy atom. The van der Waals surface area contributed by atoms with Crippen LogP contribution in [0.15, 0.2) is 30.3 Å². The summed E-state index contributed by atoms with van der Waals surface area (Å²) >= 11 is 0. The van der Waals surface area contributed by atoms with E-state index in [1.165, 1.54) is 0 Å². The zero-order chi connectivity index (χ0) is 14.4. The van der Waals surface area contributed by atoms with E-state index in [9.17, 15) is 4.79 Å². The third-order valence-electron chi connectivity index (χ3n) is 4.09. The third-order valence-corrected chi connectivity index (χ3v) is 4.09. The number of rotatable bonds is 6. The summed E-state index contributed by atoms with van der Waals surface area (Å²) in [7, 11) is 1.85. The molecule has 2 N–H and O–H groups in total. The molecule has 0 unspecified atom stereocenters. The van der Waals surface area contributed by atoms with Crippen molar-refractivity contribution in [2.75, 3.05) is 26.7 Å². The van der Waals surface area contributed by atoms with E-state index in [0.29, 0.717) is 25.6 Å². The van der Waals surface area contributed by atoms with E-state index in [1.54, 1.807) is 4.90 Å². The van der Waals surface area contributed by atoms with Gasteiger partial charge in [0.2, 0.25) is 5.91 Å². The van der Waals surface area contributed by atoms with Crippen molar-refractivity contribution in [3.05, 3.63) is 30.3 Å². The second-order valence-electron chi connectivity index (χ2n) is 5.45. The van der Waals surface area contributed by atoms with Crippen LogP contribution >= 0.6 is 0 Å². The van der Waals surface area contributed by atoms with Crippen molar-refractivity contribution < 1.29 is 9.53 Å². The maximum absolute atomic E-state index is 12.4. The fourth-order valence-corrected chi connectivity index (χ4v) is 2.85. The number of likely N-dealkylation sites (N-methyl/N-ethyl adjacent to an activating group) is 1. The first-order valence-electron chi connectivity index (χ1n) is 7.35. The van der Waals surface area contributed by atoms with Gasteiger partial charge in [0, 0.05) is 13.0 Å². The van der Waals surface area contributed by atoms with Crippen LogP contribution < -0.4 is 10.5 Å². The van der Waals surface area contributed by atoms with Gasteiger partial charge < -0.3 is 15.4 Å². The van der Waals surface area contributed by atoms with Crippen LogP contribution in [0.4, 0.5) is 0 Å². The minimum atomic E-state index is 0.113. The fraction of sp³-hybridized carbons (Fsp3) is 0.562. The number of amides is 1. The molecule has 0 heterocycles. The lowest BCUT2D eigenvalue weighted by Crippen LogP contribution is -2.38. The molecule has 1 aromatic carbocycles. The minimum absolute atomic E-state index is 0.113. The van der Waals surface area contributed by atoms with Gasteiger partial charge in [-0.1, -0.05) is 24.6 Å². The highest BCUT2D eigenvalue weighted by Crippen LogP contribution is 2.32. The van der Waals surface area contributed by atoms with Crippen molar-refractivity contribution in [2.24, 2.45) is 17.6 Å². The average Bonchev–Trinajstić information content (AvgIpc) is 2.96. The van der Waals surface area contributed by atoms with Gasteiger partial charge >= 0.3 is 0 Å². The molecule has 0 radical (unpaired) electrons. The van der Waals surface area contributed by atoms with Crippen LogP contribution in [-0.4, -0.2) is 37.6 Å². The molecule has 0 aromatic heterocycles. The number of nitrogens with two attached hydrogens (primary N) is 1. The van der Waals surface area contributed by atoms with Crippen LogP contribution in [0.3, 0.4) is 0 Å². The molecular weight excluding hydrogens is 252 g/mol. The summed E-state index contributed by atoms with van der Waals surface area (Å²) in [6.07, 6.45) is 3.18. The summed E-state index contributed by atoms with van der Waals surface area (Å²) in [5.41, 5.74) is 5.74. The molecule has 1 aliphatic rings. The van der Waals surface area contributed by atoms with Gasteiger partial charge in [-0.15, -0.1) is 0 Å². The molecule has 0 saturated heterocycles. The van der Waals surface area contributed by atoms with Crippen LogP contribution in [0.25, 0.3) is 0 Å². The lowest BCUT2D eigenvalue weighted by Gasteiger charge is -2.24. The molecule has 4 nitrogen and oxygen atoms in total. The van der Waals surface area contributed by atoms with E-state index in [-0.39, 0.29) is 11.8 Å². The maximum Gasteiger partial charge on any atom is 0.225 e. The number of carbonyl (C=O) groups excluding carboxylic acids is 1. The van der Waals surface area contributed by atoms with Crippen LogP contribution in [0.2, 0.25) is 0 Å². The Bertz CT molecular complexity index is 422. The molecular formula is C16H24N2O2.